The molecule has 94 valence electrons. The van der Waals surface area contributed by atoms with Gasteiger partial charge in [-0.15, -0.1) is 0 Å². The molecule has 1 aromatic rings. The van der Waals surface area contributed by atoms with Gasteiger partial charge in [0, 0.05) is 19.7 Å². The first-order valence-electron chi connectivity index (χ1n) is 5.49. The van der Waals surface area contributed by atoms with Crippen LogP contribution in [0.3, 0.4) is 0 Å². The van der Waals surface area contributed by atoms with Gasteiger partial charge in [0.25, 0.3) is 0 Å². The molecular weight excluding hydrogens is 214 g/mol. The Kier molecular flexibility index (Phi) is 7.38. The number of amidine groups is 1. The lowest BCUT2D eigenvalue weighted by Crippen LogP contribution is -2.40. The van der Waals surface area contributed by atoms with E-state index in [1.165, 1.54) is 5.01 Å². The Bertz CT molecular complexity index is 368. The molecule has 0 aliphatic rings. The number of nitrogens with zero attached hydrogens (tertiary/aromatic N) is 3. The van der Waals surface area contributed by atoms with Crippen LogP contribution in [0.25, 0.3) is 0 Å². The Morgan fingerprint density at radius 1 is 1.18 bits per heavy atom. The van der Waals surface area contributed by atoms with Crippen molar-refractivity contribution in [3.63, 3.8) is 0 Å². The summed E-state index contributed by atoms with van der Waals surface area (Å²) in [5.41, 5.74) is 1.60. The summed E-state index contributed by atoms with van der Waals surface area (Å²) in [5.74, 6) is 11.3. The number of hydrazone groups is 1. The van der Waals surface area contributed by atoms with Crippen molar-refractivity contribution in [3.8, 4) is 0 Å². The lowest BCUT2D eigenvalue weighted by Gasteiger charge is -2.15. The van der Waals surface area contributed by atoms with Crippen LogP contribution >= 0.6 is 0 Å². The number of nitrogens with two attached hydrogens (primary N) is 2. The van der Waals surface area contributed by atoms with Gasteiger partial charge in [0.15, 0.2) is 5.84 Å². The number of hydrazine groups is 1. The zero-order valence-electron chi connectivity index (χ0n) is 10.9. The fourth-order valence-electron chi connectivity index (χ4n) is 1.27. The van der Waals surface area contributed by atoms with Gasteiger partial charge < -0.3 is 5.84 Å². The van der Waals surface area contributed by atoms with Gasteiger partial charge in [-0.05, 0) is 0 Å². The fraction of sp³-hybridized carbons (Fsp3) is 0.333. The molecule has 5 nitrogen and oxygen atoms in total. The Labute approximate surface area is 103 Å². The van der Waals surface area contributed by atoms with E-state index in [2.05, 4.69) is 10.1 Å². The molecule has 0 aliphatic carbocycles. The average molecular weight is 235 g/mol. The van der Waals surface area contributed by atoms with E-state index in [0.29, 0.717) is 11.5 Å². The molecule has 0 fully saturated rings. The monoisotopic (exact) mass is 235 g/mol. The van der Waals surface area contributed by atoms with Crippen LogP contribution in [-0.4, -0.2) is 30.7 Å². The van der Waals surface area contributed by atoms with Crippen molar-refractivity contribution >= 4 is 11.5 Å². The summed E-state index contributed by atoms with van der Waals surface area (Å²) in [6.07, 6.45) is 0. The number of rotatable bonds is 2. The van der Waals surface area contributed by atoms with Crippen LogP contribution < -0.4 is 11.7 Å². The summed E-state index contributed by atoms with van der Waals surface area (Å²) in [4.78, 5) is 4.13. The highest BCUT2D eigenvalue weighted by atomic mass is 15.4. The molecule has 0 aliphatic heterocycles. The topological polar surface area (TPSA) is 80.0 Å². The summed E-state index contributed by atoms with van der Waals surface area (Å²) in [7, 11) is 3.34. The molecule has 1 rings (SSSR count). The first kappa shape index (κ1) is 15.1. The molecule has 0 atom stereocenters. The maximum atomic E-state index is 5.60. The molecule has 0 heterocycles. The minimum absolute atomic E-state index is 0.448. The molecule has 5 heteroatoms. The molecule has 0 saturated heterocycles. The molecular formula is C12H21N5. The average Bonchev–Trinajstić information content (AvgIpc) is 2.38. The lowest BCUT2D eigenvalue weighted by atomic mass is 10.1. The van der Waals surface area contributed by atoms with E-state index in [-0.39, 0.29) is 0 Å². The summed E-state index contributed by atoms with van der Waals surface area (Å²) in [6.45, 7) is 4.00. The van der Waals surface area contributed by atoms with Crippen LogP contribution in [0.4, 0.5) is 0 Å². The van der Waals surface area contributed by atoms with Gasteiger partial charge in [-0.3, -0.25) is 10.0 Å². The van der Waals surface area contributed by atoms with Gasteiger partial charge in [0.05, 0.1) is 0 Å². The molecule has 4 N–H and O–H groups in total. The van der Waals surface area contributed by atoms with Crippen LogP contribution in [0.2, 0.25) is 0 Å². The molecule has 1 aromatic carbocycles. The van der Waals surface area contributed by atoms with E-state index >= 15 is 0 Å². The normalized spacial score (nSPS) is 11.6. The zero-order valence-corrected chi connectivity index (χ0v) is 10.9. The predicted molar refractivity (Wildman–Crippen MR) is 73.8 cm³/mol. The zero-order chi connectivity index (χ0) is 13.3. The summed E-state index contributed by atoms with van der Waals surface area (Å²) in [6, 6.07) is 9.63. The molecule has 0 aromatic heterocycles. The Balaban J connectivity index is 0.00000121. The highest BCUT2D eigenvalue weighted by Crippen LogP contribution is 2.03. The van der Waals surface area contributed by atoms with E-state index in [9.17, 15) is 0 Å². The minimum atomic E-state index is 0.448. The first-order valence-corrected chi connectivity index (χ1v) is 5.49. The molecule has 0 amide bonds. The third kappa shape index (κ3) is 4.24. The number of benzene rings is 1. The third-order valence-electron chi connectivity index (χ3n) is 1.94. The van der Waals surface area contributed by atoms with Crippen LogP contribution in [-0.2, 0) is 0 Å². The fourth-order valence-corrected chi connectivity index (χ4v) is 1.27. The van der Waals surface area contributed by atoms with Crippen molar-refractivity contribution in [2.75, 3.05) is 14.1 Å². The third-order valence-corrected chi connectivity index (χ3v) is 1.94. The second-order valence-electron chi connectivity index (χ2n) is 3.00. The Morgan fingerprint density at radius 3 is 2.06 bits per heavy atom. The molecule has 17 heavy (non-hydrogen) atoms. The molecule has 0 bridgehead atoms. The van der Waals surface area contributed by atoms with E-state index < -0.39 is 0 Å². The summed E-state index contributed by atoms with van der Waals surface area (Å²) in [5, 5.41) is 4.96. The van der Waals surface area contributed by atoms with Crippen LogP contribution in [0.1, 0.15) is 19.4 Å². The van der Waals surface area contributed by atoms with Crippen molar-refractivity contribution in [2.45, 2.75) is 13.8 Å². The van der Waals surface area contributed by atoms with Crippen LogP contribution in [0.5, 0.6) is 0 Å². The van der Waals surface area contributed by atoms with Crippen molar-refractivity contribution in [1.29, 1.82) is 0 Å². The van der Waals surface area contributed by atoms with E-state index in [4.69, 9.17) is 11.7 Å². The van der Waals surface area contributed by atoms with Crippen LogP contribution in [0, 0.1) is 0 Å². The van der Waals surface area contributed by atoms with Gasteiger partial charge in [0.1, 0.15) is 5.71 Å². The van der Waals surface area contributed by atoms with Gasteiger partial charge >= 0.3 is 0 Å². The number of hydrogen-bond donors (Lipinski definition) is 2. The molecule has 0 unspecified atom stereocenters. The largest absolute Gasteiger partial charge is 0.321 e. The second kappa shape index (κ2) is 8.29. The maximum Gasteiger partial charge on any atom is 0.187 e. The molecule has 0 saturated carbocycles. The van der Waals surface area contributed by atoms with Gasteiger partial charge in [-0.2, -0.15) is 5.10 Å². The van der Waals surface area contributed by atoms with Crippen molar-refractivity contribution < 1.29 is 0 Å². The van der Waals surface area contributed by atoms with E-state index in [0.717, 1.165) is 5.56 Å². The molecule has 0 spiro atoms. The smallest absolute Gasteiger partial charge is 0.187 e. The summed E-state index contributed by atoms with van der Waals surface area (Å²) < 4.78 is 0. The highest BCUT2D eigenvalue weighted by Gasteiger charge is 2.12. The first-order chi connectivity index (χ1) is 8.20. The maximum absolute atomic E-state index is 5.60. The Hall–Kier alpha value is -1.88. The van der Waals surface area contributed by atoms with Crippen molar-refractivity contribution in [1.82, 2.24) is 5.01 Å². The minimum Gasteiger partial charge on any atom is -0.321 e. The van der Waals surface area contributed by atoms with Gasteiger partial charge in [0.2, 0.25) is 0 Å². The quantitative estimate of drug-likeness (QED) is 0.350. The molecule has 0 radical (unpaired) electrons. The highest BCUT2D eigenvalue weighted by molar-refractivity contribution is 6.47. The predicted octanol–water partition coefficient (Wildman–Crippen LogP) is 1.21. The summed E-state index contributed by atoms with van der Waals surface area (Å²) >= 11 is 0. The van der Waals surface area contributed by atoms with Gasteiger partial charge in [-0.1, -0.05) is 44.2 Å². The Morgan fingerprint density at radius 2 is 1.71 bits per heavy atom. The van der Waals surface area contributed by atoms with Crippen molar-refractivity contribution in [2.24, 2.45) is 21.8 Å². The lowest BCUT2D eigenvalue weighted by molar-refractivity contribution is 0.543. The van der Waals surface area contributed by atoms with E-state index in [1.54, 1.807) is 14.1 Å². The van der Waals surface area contributed by atoms with Crippen molar-refractivity contribution in [3.05, 3.63) is 35.9 Å². The standard InChI is InChI=1S/C10H15N5.C2H6/c1-13-9(10(14-11)15(2)12)8-6-4-3-5-7-8;1-2/h3-7H,11-12H2,1-2H3;1-2H3/b13-9?,14-10-;. The second-order valence-corrected chi connectivity index (χ2v) is 3.00. The van der Waals surface area contributed by atoms with Gasteiger partial charge in [-0.25, -0.2) is 5.84 Å². The SMILES string of the molecule is CC.CN=C(/C(=N/N)N(C)N)c1ccccc1. The number of hydrogen-bond acceptors (Lipinski definition) is 4. The number of likely N-dealkylation sites (N-methyl/N-ethyl adjacent to an activating group) is 1. The van der Waals surface area contributed by atoms with Crippen LogP contribution in [0.15, 0.2) is 40.4 Å². The van der Waals surface area contributed by atoms with E-state index in [1.807, 2.05) is 44.2 Å². The number of aliphatic imine (C=N–C) groups is 1.